The minimum absolute atomic E-state index is 0.0268. The van der Waals surface area contributed by atoms with Gasteiger partial charge in [0.05, 0.1) is 6.10 Å². The summed E-state index contributed by atoms with van der Waals surface area (Å²) in [5, 5.41) is 9.62. The number of hydrogen-bond donors (Lipinski definition) is 1. The molecule has 0 radical (unpaired) electrons. The lowest BCUT2D eigenvalue weighted by Crippen LogP contribution is -2.32. The first-order valence-corrected chi connectivity index (χ1v) is 6.47. The maximum atomic E-state index is 9.62. The summed E-state index contributed by atoms with van der Waals surface area (Å²) in [5.74, 6) is 2.84. The highest BCUT2D eigenvalue weighted by atomic mass is 16.3. The smallest absolute Gasteiger partial charge is 0.0543 e. The fourth-order valence-corrected chi connectivity index (χ4v) is 3.63. The van der Waals surface area contributed by atoms with E-state index < -0.39 is 0 Å². The molecule has 0 aromatic rings. The van der Waals surface area contributed by atoms with Crippen LogP contribution in [0.1, 0.15) is 58.3 Å². The second-order valence-corrected chi connectivity index (χ2v) is 5.45. The zero-order valence-corrected chi connectivity index (χ0v) is 9.41. The molecule has 1 nitrogen and oxygen atoms in total. The summed E-state index contributed by atoms with van der Waals surface area (Å²) in [6, 6.07) is 0. The SMILES string of the molecule is CCC[C@H]1CC[C@@H]2CC(O)CC[C@H]2C1. The number of hydrogen-bond acceptors (Lipinski definition) is 1. The second-order valence-electron chi connectivity index (χ2n) is 5.45. The molecule has 82 valence electrons. The van der Waals surface area contributed by atoms with Gasteiger partial charge in [-0.2, -0.15) is 0 Å². The standard InChI is InChI=1S/C13H24O/c1-2-3-10-4-5-12-9-13(14)7-6-11(12)8-10/h10-14H,2-9H2,1H3/t10-,11-,12+,13?/m0/s1. The van der Waals surface area contributed by atoms with Gasteiger partial charge in [0.15, 0.2) is 0 Å². The lowest BCUT2D eigenvalue weighted by molar-refractivity contribution is 0.0340. The molecule has 2 rings (SSSR count). The van der Waals surface area contributed by atoms with Crippen LogP contribution < -0.4 is 0 Å². The van der Waals surface area contributed by atoms with Crippen LogP contribution in [0.3, 0.4) is 0 Å². The highest BCUT2D eigenvalue weighted by Gasteiger charge is 2.34. The van der Waals surface area contributed by atoms with E-state index in [1.54, 1.807) is 0 Å². The van der Waals surface area contributed by atoms with Crippen molar-refractivity contribution in [2.24, 2.45) is 17.8 Å². The Morgan fingerprint density at radius 3 is 2.50 bits per heavy atom. The molecule has 0 spiro atoms. The Hall–Kier alpha value is -0.0400. The summed E-state index contributed by atoms with van der Waals surface area (Å²) in [6.07, 6.45) is 10.6. The van der Waals surface area contributed by atoms with Crippen LogP contribution in [0, 0.1) is 17.8 Å². The van der Waals surface area contributed by atoms with Crippen LogP contribution in [0.5, 0.6) is 0 Å². The van der Waals surface area contributed by atoms with E-state index in [1.165, 1.54) is 38.5 Å². The third-order valence-corrected chi connectivity index (χ3v) is 4.39. The Labute approximate surface area is 87.9 Å². The molecule has 0 amide bonds. The van der Waals surface area contributed by atoms with Gasteiger partial charge >= 0.3 is 0 Å². The van der Waals surface area contributed by atoms with E-state index in [2.05, 4.69) is 6.92 Å². The predicted octanol–water partition coefficient (Wildman–Crippen LogP) is 3.36. The summed E-state index contributed by atoms with van der Waals surface area (Å²) in [6.45, 7) is 2.30. The average molecular weight is 196 g/mol. The first-order chi connectivity index (χ1) is 6.79. The fraction of sp³-hybridized carbons (Fsp3) is 1.00. The van der Waals surface area contributed by atoms with Gasteiger partial charge in [0.25, 0.3) is 0 Å². The Bertz CT molecular complexity index is 178. The highest BCUT2D eigenvalue weighted by molar-refractivity contribution is 4.85. The van der Waals surface area contributed by atoms with Gasteiger partial charge in [-0.15, -0.1) is 0 Å². The van der Waals surface area contributed by atoms with E-state index in [9.17, 15) is 5.11 Å². The van der Waals surface area contributed by atoms with Crippen molar-refractivity contribution in [3.63, 3.8) is 0 Å². The van der Waals surface area contributed by atoms with Gasteiger partial charge in [-0.05, 0) is 49.9 Å². The maximum absolute atomic E-state index is 9.62. The molecule has 0 aromatic heterocycles. The second kappa shape index (κ2) is 4.65. The molecular formula is C13H24O. The molecule has 1 unspecified atom stereocenters. The molecule has 0 aromatic carbocycles. The van der Waals surface area contributed by atoms with E-state index in [4.69, 9.17) is 0 Å². The van der Waals surface area contributed by atoms with Gasteiger partial charge in [0.1, 0.15) is 0 Å². The molecule has 0 saturated heterocycles. The quantitative estimate of drug-likeness (QED) is 0.718. The Balaban J connectivity index is 1.85. The molecule has 2 aliphatic rings. The number of aliphatic hydroxyl groups is 1. The van der Waals surface area contributed by atoms with Crippen molar-refractivity contribution in [2.45, 2.75) is 64.4 Å². The molecule has 1 heteroatoms. The Kier molecular flexibility index (Phi) is 3.48. The van der Waals surface area contributed by atoms with Crippen LogP contribution >= 0.6 is 0 Å². The zero-order chi connectivity index (χ0) is 9.97. The summed E-state index contributed by atoms with van der Waals surface area (Å²) < 4.78 is 0. The van der Waals surface area contributed by atoms with Crippen LogP contribution in [-0.2, 0) is 0 Å². The summed E-state index contributed by atoms with van der Waals surface area (Å²) in [4.78, 5) is 0. The van der Waals surface area contributed by atoms with Gasteiger partial charge < -0.3 is 5.11 Å². The van der Waals surface area contributed by atoms with Crippen LogP contribution in [0.15, 0.2) is 0 Å². The normalized spacial score (nSPS) is 43.3. The molecule has 2 saturated carbocycles. The van der Waals surface area contributed by atoms with E-state index in [-0.39, 0.29) is 6.10 Å². The molecular weight excluding hydrogens is 172 g/mol. The van der Waals surface area contributed by atoms with Crippen molar-refractivity contribution in [1.82, 2.24) is 0 Å². The van der Waals surface area contributed by atoms with Crippen LogP contribution in [0.4, 0.5) is 0 Å². The van der Waals surface area contributed by atoms with Crippen molar-refractivity contribution in [3.05, 3.63) is 0 Å². The number of fused-ring (bicyclic) bond motifs is 1. The first kappa shape index (κ1) is 10.5. The van der Waals surface area contributed by atoms with Crippen molar-refractivity contribution in [1.29, 1.82) is 0 Å². The molecule has 0 heterocycles. The largest absolute Gasteiger partial charge is 0.393 e. The molecule has 2 fully saturated rings. The molecule has 0 bridgehead atoms. The zero-order valence-electron chi connectivity index (χ0n) is 9.41. The minimum atomic E-state index is 0.0268. The minimum Gasteiger partial charge on any atom is -0.393 e. The van der Waals surface area contributed by atoms with Gasteiger partial charge in [-0.1, -0.05) is 26.2 Å². The van der Waals surface area contributed by atoms with Crippen LogP contribution in [0.2, 0.25) is 0 Å². The van der Waals surface area contributed by atoms with E-state index in [0.29, 0.717) is 0 Å². The van der Waals surface area contributed by atoms with Gasteiger partial charge in [0, 0.05) is 0 Å². The van der Waals surface area contributed by atoms with Crippen molar-refractivity contribution in [3.8, 4) is 0 Å². The average Bonchev–Trinajstić information content (AvgIpc) is 2.19. The summed E-state index contributed by atoms with van der Waals surface area (Å²) >= 11 is 0. The Morgan fingerprint density at radius 1 is 1.00 bits per heavy atom. The fourth-order valence-electron chi connectivity index (χ4n) is 3.63. The van der Waals surface area contributed by atoms with Gasteiger partial charge in [-0.3, -0.25) is 0 Å². The van der Waals surface area contributed by atoms with Crippen LogP contribution in [-0.4, -0.2) is 11.2 Å². The number of rotatable bonds is 2. The van der Waals surface area contributed by atoms with E-state index >= 15 is 0 Å². The Morgan fingerprint density at radius 2 is 1.71 bits per heavy atom. The lowest BCUT2D eigenvalue weighted by atomic mass is 9.66. The topological polar surface area (TPSA) is 20.2 Å². The van der Waals surface area contributed by atoms with Gasteiger partial charge in [0.2, 0.25) is 0 Å². The van der Waals surface area contributed by atoms with Crippen molar-refractivity contribution >= 4 is 0 Å². The van der Waals surface area contributed by atoms with Gasteiger partial charge in [-0.25, -0.2) is 0 Å². The van der Waals surface area contributed by atoms with Crippen molar-refractivity contribution < 1.29 is 5.11 Å². The lowest BCUT2D eigenvalue weighted by Gasteiger charge is -2.41. The third-order valence-electron chi connectivity index (χ3n) is 4.39. The number of aliphatic hydroxyl groups excluding tert-OH is 1. The third kappa shape index (κ3) is 2.31. The van der Waals surface area contributed by atoms with E-state index in [0.717, 1.165) is 30.6 Å². The molecule has 14 heavy (non-hydrogen) atoms. The molecule has 1 N–H and O–H groups in total. The molecule has 0 aliphatic heterocycles. The van der Waals surface area contributed by atoms with Crippen molar-refractivity contribution in [2.75, 3.05) is 0 Å². The monoisotopic (exact) mass is 196 g/mol. The molecule has 4 atom stereocenters. The summed E-state index contributed by atoms with van der Waals surface area (Å²) in [5.41, 5.74) is 0. The maximum Gasteiger partial charge on any atom is 0.0543 e. The van der Waals surface area contributed by atoms with Crippen LogP contribution in [0.25, 0.3) is 0 Å². The summed E-state index contributed by atoms with van der Waals surface area (Å²) in [7, 11) is 0. The van der Waals surface area contributed by atoms with E-state index in [1.807, 2.05) is 0 Å². The first-order valence-electron chi connectivity index (χ1n) is 6.47. The highest BCUT2D eigenvalue weighted by Crippen LogP contribution is 2.43. The molecule has 2 aliphatic carbocycles. The predicted molar refractivity (Wildman–Crippen MR) is 59.1 cm³/mol.